The van der Waals surface area contributed by atoms with Gasteiger partial charge >= 0.3 is 6.18 Å². The van der Waals surface area contributed by atoms with E-state index >= 15 is 0 Å². The van der Waals surface area contributed by atoms with Gasteiger partial charge in [0, 0.05) is 37.5 Å². The van der Waals surface area contributed by atoms with Crippen LogP contribution >= 0.6 is 0 Å². The Balaban J connectivity index is 1.62. The first-order valence-corrected chi connectivity index (χ1v) is 9.37. The molecule has 30 heavy (non-hydrogen) atoms. The van der Waals surface area contributed by atoms with Crippen molar-refractivity contribution in [3.05, 3.63) is 47.2 Å². The van der Waals surface area contributed by atoms with E-state index in [2.05, 4.69) is 19.7 Å². The molecule has 2 aromatic heterocycles. The number of aromatic nitrogens is 3. The molecule has 160 valence electrons. The number of carbonyl (C=O) groups excluding carboxylic acids is 2. The molecular weight excluding hydrogens is 401 g/mol. The lowest BCUT2D eigenvalue weighted by atomic mass is 10.2. The number of nitrogens with zero attached hydrogens (tertiary/aromatic N) is 4. The molecule has 0 aromatic carbocycles. The summed E-state index contributed by atoms with van der Waals surface area (Å²) in [6.07, 6.45) is 0.267. The van der Waals surface area contributed by atoms with Crippen molar-refractivity contribution in [1.82, 2.24) is 19.9 Å². The van der Waals surface area contributed by atoms with Gasteiger partial charge in [0.15, 0.2) is 6.61 Å². The molecule has 3 rings (SSSR count). The van der Waals surface area contributed by atoms with Gasteiger partial charge in [-0.2, -0.15) is 13.2 Å². The predicted molar refractivity (Wildman–Crippen MR) is 99.8 cm³/mol. The topological polar surface area (TPSA) is 85.3 Å². The van der Waals surface area contributed by atoms with Crippen LogP contribution in [0, 0.1) is 12.8 Å². The Labute approximate surface area is 171 Å². The zero-order chi connectivity index (χ0) is 21.9. The molecule has 1 fully saturated rings. The van der Waals surface area contributed by atoms with Crippen molar-refractivity contribution in [2.75, 3.05) is 13.7 Å². The van der Waals surface area contributed by atoms with E-state index < -0.39 is 12.8 Å². The summed E-state index contributed by atoms with van der Waals surface area (Å²) in [7, 11) is 1.57. The normalized spacial score (nSPS) is 13.8. The van der Waals surface area contributed by atoms with Gasteiger partial charge in [-0.15, -0.1) is 0 Å². The third-order valence-corrected chi connectivity index (χ3v) is 4.52. The van der Waals surface area contributed by atoms with E-state index in [-0.39, 0.29) is 42.1 Å². The number of aryl methyl sites for hydroxylation is 1. The second-order valence-electron chi connectivity index (χ2n) is 7.31. The highest BCUT2D eigenvalue weighted by Gasteiger charge is 2.30. The highest BCUT2D eigenvalue weighted by atomic mass is 19.4. The summed E-state index contributed by atoms with van der Waals surface area (Å²) in [4.78, 5) is 38.2. The van der Waals surface area contributed by atoms with Gasteiger partial charge in [0.2, 0.25) is 5.88 Å². The van der Waals surface area contributed by atoms with E-state index in [1.54, 1.807) is 20.0 Å². The van der Waals surface area contributed by atoms with Crippen molar-refractivity contribution < 1.29 is 27.5 Å². The number of Topliss-reactive ketones (excluding diaryl/α,β-unsaturated/α-hetero) is 1. The molecule has 1 aliphatic rings. The van der Waals surface area contributed by atoms with Gasteiger partial charge < -0.3 is 9.64 Å². The number of hydrogen-bond acceptors (Lipinski definition) is 6. The number of ketones is 1. The van der Waals surface area contributed by atoms with Crippen LogP contribution in [-0.2, 0) is 17.8 Å². The number of ether oxygens (including phenoxy) is 1. The lowest BCUT2D eigenvalue weighted by Crippen LogP contribution is -2.27. The van der Waals surface area contributed by atoms with Crippen LogP contribution in [0.5, 0.6) is 5.88 Å². The number of pyridine rings is 1. The maximum atomic E-state index is 12.7. The van der Waals surface area contributed by atoms with Gasteiger partial charge in [0.1, 0.15) is 17.3 Å². The Kier molecular flexibility index (Phi) is 6.33. The largest absolute Gasteiger partial charge is 0.468 e. The van der Waals surface area contributed by atoms with Crippen LogP contribution in [0.1, 0.15) is 40.3 Å². The van der Waals surface area contributed by atoms with Crippen molar-refractivity contribution in [3.63, 3.8) is 0 Å². The summed E-state index contributed by atoms with van der Waals surface area (Å²) < 4.78 is 41.5. The molecule has 0 radical (unpaired) electrons. The maximum absolute atomic E-state index is 12.7. The first-order valence-electron chi connectivity index (χ1n) is 9.37. The third kappa shape index (κ3) is 5.98. The Bertz CT molecular complexity index is 945. The van der Waals surface area contributed by atoms with Crippen LogP contribution in [0.4, 0.5) is 13.2 Å². The minimum atomic E-state index is -4.45. The average Bonchev–Trinajstić information content (AvgIpc) is 3.51. The van der Waals surface area contributed by atoms with E-state index in [4.69, 9.17) is 0 Å². The van der Waals surface area contributed by atoms with Gasteiger partial charge in [-0.1, -0.05) is 0 Å². The molecule has 1 saturated carbocycles. The van der Waals surface area contributed by atoms with Crippen LogP contribution in [0.25, 0.3) is 0 Å². The summed E-state index contributed by atoms with van der Waals surface area (Å²) >= 11 is 0. The summed E-state index contributed by atoms with van der Waals surface area (Å²) in [6, 6.07) is 3.09. The number of carbonyl (C=O) groups is 2. The van der Waals surface area contributed by atoms with E-state index in [1.807, 2.05) is 0 Å². The fourth-order valence-electron chi connectivity index (χ4n) is 2.86. The van der Waals surface area contributed by atoms with Gasteiger partial charge in [-0.05, 0) is 37.5 Å². The van der Waals surface area contributed by atoms with Crippen molar-refractivity contribution in [2.45, 2.75) is 38.9 Å². The van der Waals surface area contributed by atoms with E-state index in [9.17, 15) is 22.8 Å². The second-order valence-corrected chi connectivity index (χ2v) is 7.31. The van der Waals surface area contributed by atoms with Crippen molar-refractivity contribution >= 4 is 11.7 Å². The van der Waals surface area contributed by atoms with Crippen LogP contribution in [0.3, 0.4) is 0 Å². The molecule has 0 saturated heterocycles. The molecule has 0 atom stereocenters. The Morgan fingerprint density at radius 1 is 1.27 bits per heavy atom. The standard InChI is InChI=1S/C20H21F3N4O3/c1-12-7-13(9-25-18(12)30-11-20(21,22)23)10-27(2)19(29)15-5-6-24-17(26-15)8-16(28)14-3-4-14/h5-7,9,14H,3-4,8,10-11H2,1-2H3. The Hall–Kier alpha value is -3.04. The van der Waals surface area contributed by atoms with E-state index in [1.165, 1.54) is 23.4 Å². The number of halogens is 3. The average molecular weight is 422 g/mol. The molecule has 0 aliphatic heterocycles. The minimum absolute atomic E-state index is 0.0855. The summed E-state index contributed by atoms with van der Waals surface area (Å²) in [5, 5.41) is 0. The maximum Gasteiger partial charge on any atom is 0.422 e. The van der Waals surface area contributed by atoms with Crippen LogP contribution in [0.2, 0.25) is 0 Å². The number of hydrogen-bond donors (Lipinski definition) is 0. The third-order valence-electron chi connectivity index (χ3n) is 4.52. The molecule has 0 N–H and O–H groups in total. The molecule has 1 aliphatic carbocycles. The molecule has 0 unspecified atom stereocenters. The molecule has 10 heteroatoms. The van der Waals surface area contributed by atoms with Crippen molar-refractivity contribution in [3.8, 4) is 5.88 Å². The molecule has 0 spiro atoms. The monoisotopic (exact) mass is 422 g/mol. The first kappa shape index (κ1) is 21.7. The highest BCUT2D eigenvalue weighted by molar-refractivity contribution is 5.92. The molecule has 2 aromatic rings. The second kappa shape index (κ2) is 8.76. The van der Waals surface area contributed by atoms with E-state index in [0.717, 1.165) is 12.8 Å². The molecule has 1 amide bonds. The zero-order valence-corrected chi connectivity index (χ0v) is 16.6. The lowest BCUT2D eigenvalue weighted by Gasteiger charge is -2.18. The van der Waals surface area contributed by atoms with Crippen LogP contribution in [-0.4, -0.2) is 51.4 Å². The summed E-state index contributed by atoms with van der Waals surface area (Å²) in [5.41, 5.74) is 1.22. The molecule has 7 nitrogen and oxygen atoms in total. The summed E-state index contributed by atoms with van der Waals surface area (Å²) in [5.74, 6) is 0.0185. The predicted octanol–water partition coefficient (Wildman–Crippen LogP) is 2.91. The van der Waals surface area contributed by atoms with Gasteiger partial charge in [0.05, 0.1) is 6.42 Å². The fourth-order valence-corrected chi connectivity index (χ4v) is 2.86. The fraction of sp³-hybridized carbons (Fsp3) is 0.450. The van der Waals surface area contributed by atoms with Gasteiger partial charge in [-0.25, -0.2) is 15.0 Å². The number of amides is 1. The highest BCUT2D eigenvalue weighted by Crippen LogP contribution is 2.30. The molecule has 0 bridgehead atoms. The Morgan fingerprint density at radius 3 is 2.63 bits per heavy atom. The first-order chi connectivity index (χ1) is 14.1. The molecule has 2 heterocycles. The smallest absolute Gasteiger partial charge is 0.422 e. The van der Waals surface area contributed by atoms with E-state index in [0.29, 0.717) is 17.0 Å². The van der Waals surface area contributed by atoms with Crippen LogP contribution in [0.15, 0.2) is 24.5 Å². The molecular formula is C20H21F3N4O3. The van der Waals surface area contributed by atoms with Crippen LogP contribution < -0.4 is 4.74 Å². The zero-order valence-electron chi connectivity index (χ0n) is 16.6. The van der Waals surface area contributed by atoms with Crippen molar-refractivity contribution in [2.24, 2.45) is 5.92 Å². The minimum Gasteiger partial charge on any atom is -0.468 e. The Morgan fingerprint density at radius 2 is 2.00 bits per heavy atom. The van der Waals surface area contributed by atoms with Crippen molar-refractivity contribution in [1.29, 1.82) is 0 Å². The number of alkyl halides is 3. The van der Waals surface area contributed by atoms with Gasteiger partial charge in [0.25, 0.3) is 5.91 Å². The summed E-state index contributed by atoms with van der Waals surface area (Å²) in [6.45, 7) is 0.335. The quantitative estimate of drug-likeness (QED) is 0.650. The number of rotatable bonds is 8. The lowest BCUT2D eigenvalue weighted by molar-refractivity contribution is -0.154. The SMILES string of the molecule is Cc1cc(CN(C)C(=O)c2ccnc(CC(=O)C3CC3)n2)cnc1OCC(F)(F)F. The van der Waals surface area contributed by atoms with Gasteiger partial charge in [-0.3, -0.25) is 9.59 Å².